The van der Waals surface area contributed by atoms with Gasteiger partial charge in [0.25, 0.3) is 0 Å². The van der Waals surface area contributed by atoms with Crippen LogP contribution in [-0.4, -0.2) is 10.9 Å². The highest BCUT2D eigenvalue weighted by atomic mass is 19.1. The van der Waals surface area contributed by atoms with Gasteiger partial charge in [-0.05, 0) is 17.7 Å². The maximum Gasteiger partial charge on any atom is 0.171 e. The van der Waals surface area contributed by atoms with E-state index in [0.29, 0.717) is 6.07 Å². The molecule has 2 nitrogen and oxygen atoms in total. The third-order valence-electron chi connectivity index (χ3n) is 2.19. The zero-order chi connectivity index (χ0) is 12.5. The molecule has 0 bridgehead atoms. The summed E-state index contributed by atoms with van der Waals surface area (Å²) in [7, 11) is 0. The van der Waals surface area contributed by atoms with E-state index in [1.807, 2.05) is 0 Å². The zero-order valence-corrected chi connectivity index (χ0v) is 9.42. The van der Waals surface area contributed by atoms with Crippen LogP contribution in [0, 0.1) is 17.0 Å². The highest BCUT2D eigenvalue weighted by Gasteiger charge is 2.29. The Kier molecular flexibility index (Phi) is 3.43. The van der Waals surface area contributed by atoms with E-state index in [2.05, 4.69) is 0 Å². The number of Topliss-reactive ketones (excluding diaryl/α,β-unsaturated/α-hetero) is 1. The molecule has 16 heavy (non-hydrogen) atoms. The van der Waals surface area contributed by atoms with Crippen molar-refractivity contribution in [2.45, 2.75) is 26.9 Å². The van der Waals surface area contributed by atoms with Crippen molar-refractivity contribution in [1.29, 1.82) is 0 Å². The summed E-state index contributed by atoms with van der Waals surface area (Å²) in [5, 5.41) is 9.69. The van der Waals surface area contributed by atoms with Crippen LogP contribution in [0.15, 0.2) is 18.2 Å². The Morgan fingerprint density at radius 3 is 2.00 bits per heavy atom. The topological polar surface area (TPSA) is 37.3 Å². The number of aliphatic hydroxyl groups excluding tert-OH is 1. The van der Waals surface area contributed by atoms with Gasteiger partial charge in [-0.25, -0.2) is 8.78 Å². The average molecular weight is 228 g/mol. The molecule has 1 N–H and O–H groups in total. The van der Waals surface area contributed by atoms with Crippen molar-refractivity contribution >= 4 is 5.78 Å². The molecule has 1 unspecified atom stereocenters. The van der Waals surface area contributed by atoms with Crippen LogP contribution in [0.25, 0.3) is 0 Å². The maximum absolute atomic E-state index is 12.9. The number of ketones is 1. The second-order valence-corrected chi connectivity index (χ2v) is 4.72. The zero-order valence-electron chi connectivity index (χ0n) is 9.42. The first-order chi connectivity index (χ1) is 7.21. The molecule has 0 heterocycles. The standard InChI is InChI=1S/C12H14F2O2/c1-12(2,3)11(16)10(15)7-4-8(13)6-9(14)5-7/h4-6,10,15H,1-3H3. The number of carbonyl (C=O) groups excluding carboxylic acids is 1. The molecule has 1 aromatic carbocycles. The summed E-state index contributed by atoms with van der Waals surface area (Å²) >= 11 is 0. The van der Waals surface area contributed by atoms with E-state index in [0.717, 1.165) is 12.1 Å². The smallest absolute Gasteiger partial charge is 0.171 e. The Balaban J connectivity index is 3.05. The third-order valence-corrected chi connectivity index (χ3v) is 2.19. The molecule has 0 aliphatic heterocycles. The van der Waals surface area contributed by atoms with Gasteiger partial charge >= 0.3 is 0 Å². The van der Waals surface area contributed by atoms with Crippen molar-refractivity contribution in [2.24, 2.45) is 5.41 Å². The predicted octanol–water partition coefficient (Wildman–Crippen LogP) is 2.61. The first kappa shape index (κ1) is 12.8. The lowest BCUT2D eigenvalue weighted by molar-refractivity contribution is -0.135. The number of aliphatic hydroxyl groups is 1. The molecular formula is C12H14F2O2. The van der Waals surface area contributed by atoms with E-state index in [1.54, 1.807) is 20.8 Å². The Labute approximate surface area is 92.9 Å². The molecular weight excluding hydrogens is 214 g/mol. The lowest BCUT2D eigenvalue weighted by Crippen LogP contribution is -2.26. The molecule has 1 atom stereocenters. The second-order valence-electron chi connectivity index (χ2n) is 4.72. The Morgan fingerprint density at radius 2 is 1.62 bits per heavy atom. The van der Waals surface area contributed by atoms with Crippen LogP contribution in [0.1, 0.15) is 32.4 Å². The van der Waals surface area contributed by atoms with E-state index < -0.39 is 28.9 Å². The van der Waals surface area contributed by atoms with Gasteiger partial charge in [0.05, 0.1) is 0 Å². The summed E-state index contributed by atoms with van der Waals surface area (Å²) in [4.78, 5) is 11.7. The fraction of sp³-hybridized carbons (Fsp3) is 0.417. The van der Waals surface area contributed by atoms with Crippen molar-refractivity contribution in [2.75, 3.05) is 0 Å². The maximum atomic E-state index is 12.9. The third kappa shape index (κ3) is 2.85. The lowest BCUT2D eigenvalue weighted by Gasteiger charge is -2.21. The van der Waals surface area contributed by atoms with Gasteiger partial charge in [0.15, 0.2) is 5.78 Å². The number of halogens is 2. The highest BCUT2D eigenvalue weighted by Crippen LogP contribution is 2.26. The molecule has 0 fully saturated rings. The molecule has 0 amide bonds. The van der Waals surface area contributed by atoms with Crippen molar-refractivity contribution in [3.63, 3.8) is 0 Å². The molecule has 0 aliphatic carbocycles. The molecule has 0 aromatic heterocycles. The Hall–Kier alpha value is -1.29. The molecule has 0 aliphatic rings. The van der Waals surface area contributed by atoms with Gasteiger partial charge in [0, 0.05) is 11.5 Å². The van der Waals surface area contributed by atoms with E-state index in [1.165, 1.54) is 0 Å². The summed E-state index contributed by atoms with van der Waals surface area (Å²) in [5.74, 6) is -2.09. The molecule has 1 rings (SSSR count). The van der Waals surface area contributed by atoms with Gasteiger partial charge in [-0.15, -0.1) is 0 Å². The molecule has 1 aromatic rings. The SMILES string of the molecule is CC(C)(C)C(=O)C(O)c1cc(F)cc(F)c1. The van der Waals surface area contributed by atoms with E-state index >= 15 is 0 Å². The van der Waals surface area contributed by atoms with Crippen molar-refractivity contribution in [3.05, 3.63) is 35.4 Å². The van der Waals surface area contributed by atoms with Crippen LogP contribution in [0.3, 0.4) is 0 Å². The number of carbonyl (C=O) groups is 1. The van der Waals surface area contributed by atoms with Crippen molar-refractivity contribution in [3.8, 4) is 0 Å². The van der Waals surface area contributed by atoms with Crippen molar-refractivity contribution < 1.29 is 18.7 Å². The van der Waals surface area contributed by atoms with Crippen LogP contribution >= 0.6 is 0 Å². The fourth-order valence-electron chi connectivity index (χ4n) is 1.29. The van der Waals surface area contributed by atoms with E-state index in [-0.39, 0.29) is 5.56 Å². The van der Waals surface area contributed by atoms with Crippen LogP contribution in [0.2, 0.25) is 0 Å². The number of rotatable bonds is 2. The second kappa shape index (κ2) is 4.29. The van der Waals surface area contributed by atoms with Crippen LogP contribution in [0.5, 0.6) is 0 Å². The Bertz CT molecular complexity index is 388. The van der Waals surface area contributed by atoms with Gasteiger partial charge in [0.2, 0.25) is 0 Å². The van der Waals surface area contributed by atoms with Crippen LogP contribution in [-0.2, 0) is 4.79 Å². The molecule has 0 saturated heterocycles. The van der Waals surface area contributed by atoms with Gasteiger partial charge in [0.1, 0.15) is 17.7 Å². The first-order valence-electron chi connectivity index (χ1n) is 4.90. The fourth-order valence-corrected chi connectivity index (χ4v) is 1.29. The number of hydrogen-bond donors (Lipinski definition) is 1. The summed E-state index contributed by atoms with van der Waals surface area (Å²) in [6, 6.07) is 2.60. The minimum atomic E-state index is -1.50. The molecule has 0 spiro atoms. The average Bonchev–Trinajstić information content (AvgIpc) is 2.12. The summed E-state index contributed by atoms with van der Waals surface area (Å²) in [6.45, 7) is 4.90. The number of benzene rings is 1. The number of hydrogen-bond acceptors (Lipinski definition) is 2. The molecule has 88 valence electrons. The largest absolute Gasteiger partial charge is 0.381 e. The Morgan fingerprint density at radius 1 is 1.19 bits per heavy atom. The van der Waals surface area contributed by atoms with Crippen LogP contribution in [0.4, 0.5) is 8.78 Å². The summed E-state index contributed by atoms with van der Waals surface area (Å²) in [6.07, 6.45) is -1.50. The van der Waals surface area contributed by atoms with Crippen molar-refractivity contribution in [1.82, 2.24) is 0 Å². The van der Waals surface area contributed by atoms with Crippen LogP contribution < -0.4 is 0 Å². The van der Waals surface area contributed by atoms with E-state index in [4.69, 9.17) is 0 Å². The monoisotopic (exact) mass is 228 g/mol. The lowest BCUT2D eigenvalue weighted by atomic mass is 9.85. The normalized spacial score (nSPS) is 13.6. The summed E-state index contributed by atoms with van der Waals surface area (Å²) < 4.78 is 25.8. The van der Waals surface area contributed by atoms with Gasteiger partial charge in [-0.1, -0.05) is 20.8 Å². The molecule has 0 saturated carbocycles. The highest BCUT2D eigenvalue weighted by molar-refractivity contribution is 5.88. The van der Waals surface area contributed by atoms with Gasteiger partial charge < -0.3 is 5.11 Å². The summed E-state index contributed by atoms with van der Waals surface area (Å²) in [5.41, 5.74) is -0.820. The quantitative estimate of drug-likeness (QED) is 0.844. The minimum Gasteiger partial charge on any atom is -0.381 e. The van der Waals surface area contributed by atoms with Gasteiger partial charge in [-0.3, -0.25) is 4.79 Å². The minimum absolute atomic E-state index is 0.0579. The van der Waals surface area contributed by atoms with E-state index in [9.17, 15) is 18.7 Å². The molecule has 0 radical (unpaired) electrons. The first-order valence-corrected chi connectivity index (χ1v) is 4.90. The van der Waals surface area contributed by atoms with Gasteiger partial charge in [-0.2, -0.15) is 0 Å². The molecule has 4 heteroatoms. The predicted molar refractivity (Wildman–Crippen MR) is 55.8 cm³/mol.